The second-order valence-corrected chi connectivity index (χ2v) is 8.67. The average molecular weight is 417 g/mol. The maximum Gasteiger partial charge on any atom is 0.267 e. The zero-order valence-electron chi connectivity index (χ0n) is 17.2. The van der Waals surface area contributed by atoms with Crippen LogP contribution in [0.15, 0.2) is 24.3 Å². The van der Waals surface area contributed by atoms with Crippen LogP contribution >= 0.6 is 11.3 Å². The zero-order chi connectivity index (χ0) is 20.8. The van der Waals surface area contributed by atoms with Crippen molar-refractivity contribution >= 4 is 34.5 Å². The molecule has 0 atom stereocenters. The van der Waals surface area contributed by atoms with E-state index in [0.717, 1.165) is 30.2 Å². The first-order chi connectivity index (χ1) is 13.9. The van der Waals surface area contributed by atoms with Crippen LogP contribution < -0.4 is 10.6 Å². The molecule has 1 aromatic heterocycles. The summed E-state index contributed by atoms with van der Waals surface area (Å²) in [4.78, 5) is 32.0. The van der Waals surface area contributed by atoms with Gasteiger partial charge in [0.05, 0.1) is 30.5 Å². The number of hydrogen-bond acceptors (Lipinski definition) is 6. The highest BCUT2D eigenvalue weighted by Crippen LogP contribution is 2.22. The van der Waals surface area contributed by atoms with Crippen LogP contribution in [0, 0.1) is 12.8 Å². The minimum Gasteiger partial charge on any atom is -0.379 e. The van der Waals surface area contributed by atoms with E-state index >= 15 is 0 Å². The smallest absolute Gasteiger partial charge is 0.267 e. The number of thiazole rings is 1. The molecule has 156 valence electrons. The summed E-state index contributed by atoms with van der Waals surface area (Å²) in [6, 6.07) is 7.15. The van der Waals surface area contributed by atoms with Crippen molar-refractivity contribution in [2.45, 2.75) is 27.2 Å². The molecule has 2 amide bonds. The summed E-state index contributed by atoms with van der Waals surface area (Å²) in [5.74, 6) is 0.295. The number of nitrogens with zero attached hydrogens (tertiary/aromatic N) is 2. The number of benzene rings is 1. The lowest BCUT2D eigenvalue weighted by Gasteiger charge is -2.25. The predicted octanol–water partition coefficient (Wildman–Crippen LogP) is 3.17. The SMILES string of the molecule is Cc1nc(CC(C)C)sc1C(=O)Nc1ccc(NC(=O)CN2CCOCC2)cc1. The Bertz CT molecular complexity index is 842. The van der Waals surface area contributed by atoms with Gasteiger partial charge in [0.15, 0.2) is 0 Å². The van der Waals surface area contributed by atoms with Gasteiger partial charge in [-0.15, -0.1) is 11.3 Å². The van der Waals surface area contributed by atoms with Gasteiger partial charge in [-0.05, 0) is 37.1 Å². The Hall–Kier alpha value is -2.29. The minimum absolute atomic E-state index is 0.0540. The van der Waals surface area contributed by atoms with E-state index in [0.29, 0.717) is 41.9 Å². The van der Waals surface area contributed by atoms with E-state index < -0.39 is 0 Å². The van der Waals surface area contributed by atoms with Crippen molar-refractivity contribution in [2.75, 3.05) is 43.5 Å². The van der Waals surface area contributed by atoms with Gasteiger partial charge < -0.3 is 15.4 Å². The van der Waals surface area contributed by atoms with Crippen LogP contribution in [0.25, 0.3) is 0 Å². The zero-order valence-corrected chi connectivity index (χ0v) is 18.0. The van der Waals surface area contributed by atoms with Crippen molar-refractivity contribution in [3.63, 3.8) is 0 Å². The first-order valence-corrected chi connectivity index (χ1v) is 10.7. The average Bonchev–Trinajstić information content (AvgIpc) is 3.03. The summed E-state index contributed by atoms with van der Waals surface area (Å²) in [6.07, 6.45) is 0.873. The summed E-state index contributed by atoms with van der Waals surface area (Å²) in [7, 11) is 0. The van der Waals surface area contributed by atoms with E-state index in [9.17, 15) is 9.59 Å². The van der Waals surface area contributed by atoms with Gasteiger partial charge >= 0.3 is 0 Å². The number of hydrogen-bond donors (Lipinski definition) is 2. The molecule has 0 radical (unpaired) electrons. The Labute approximate surface area is 175 Å². The quantitative estimate of drug-likeness (QED) is 0.724. The third-order valence-corrected chi connectivity index (χ3v) is 5.71. The van der Waals surface area contributed by atoms with E-state index in [2.05, 4.69) is 34.4 Å². The molecule has 1 aromatic carbocycles. The Morgan fingerprint density at radius 3 is 2.38 bits per heavy atom. The van der Waals surface area contributed by atoms with Gasteiger partial charge in [0.2, 0.25) is 5.91 Å². The molecular weight excluding hydrogens is 388 g/mol. The standard InChI is InChI=1S/C21H28N4O3S/c1-14(2)12-19-22-15(3)20(29-19)21(27)24-17-6-4-16(5-7-17)23-18(26)13-25-8-10-28-11-9-25/h4-7,14H,8-13H2,1-3H3,(H,23,26)(H,24,27). The van der Waals surface area contributed by atoms with E-state index in [1.54, 1.807) is 24.3 Å². The molecule has 29 heavy (non-hydrogen) atoms. The molecule has 2 aromatic rings. The fourth-order valence-corrected chi connectivity index (χ4v) is 4.26. The number of amides is 2. The van der Waals surface area contributed by atoms with Crippen LogP contribution in [0.4, 0.5) is 11.4 Å². The number of morpholine rings is 1. The summed E-state index contributed by atoms with van der Waals surface area (Å²) >= 11 is 1.45. The highest BCUT2D eigenvalue weighted by atomic mass is 32.1. The Balaban J connectivity index is 1.54. The molecule has 2 N–H and O–H groups in total. The Morgan fingerprint density at radius 1 is 1.14 bits per heavy atom. The molecule has 1 aliphatic heterocycles. The summed E-state index contributed by atoms with van der Waals surface area (Å²) < 4.78 is 5.29. The highest BCUT2D eigenvalue weighted by molar-refractivity contribution is 7.13. The van der Waals surface area contributed by atoms with Gasteiger partial charge in [-0.2, -0.15) is 0 Å². The largest absolute Gasteiger partial charge is 0.379 e. The molecule has 0 bridgehead atoms. The molecule has 3 rings (SSSR count). The second kappa shape index (κ2) is 9.96. The van der Waals surface area contributed by atoms with E-state index in [1.807, 2.05) is 6.92 Å². The van der Waals surface area contributed by atoms with Crippen LogP contribution in [0.5, 0.6) is 0 Å². The van der Waals surface area contributed by atoms with Crippen molar-refractivity contribution in [1.29, 1.82) is 0 Å². The van der Waals surface area contributed by atoms with E-state index in [1.165, 1.54) is 11.3 Å². The van der Waals surface area contributed by atoms with Crippen LogP contribution in [0.1, 0.15) is 34.2 Å². The first-order valence-electron chi connectivity index (χ1n) is 9.88. The number of anilines is 2. The molecule has 1 fully saturated rings. The van der Waals surface area contributed by atoms with Crippen LogP contribution in [-0.2, 0) is 16.0 Å². The number of carbonyl (C=O) groups is 2. The van der Waals surface area contributed by atoms with Gasteiger partial charge in [-0.3, -0.25) is 14.5 Å². The summed E-state index contributed by atoms with van der Waals surface area (Å²) in [5, 5.41) is 6.79. The minimum atomic E-state index is -0.154. The lowest BCUT2D eigenvalue weighted by Crippen LogP contribution is -2.41. The van der Waals surface area contributed by atoms with Crippen molar-refractivity contribution in [3.05, 3.63) is 39.8 Å². The van der Waals surface area contributed by atoms with Gasteiger partial charge in [0.25, 0.3) is 5.91 Å². The van der Waals surface area contributed by atoms with Crippen LogP contribution in [0.2, 0.25) is 0 Å². The monoisotopic (exact) mass is 416 g/mol. The topological polar surface area (TPSA) is 83.6 Å². The van der Waals surface area contributed by atoms with Gasteiger partial charge in [-0.25, -0.2) is 4.98 Å². The molecule has 0 aliphatic carbocycles. The molecule has 0 unspecified atom stereocenters. The van der Waals surface area contributed by atoms with Crippen molar-refractivity contribution in [3.8, 4) is 0 Å². The molecule has 1 saturated heterocycles. The third kappa shape index (κ3) is 6.35. The second-order valence-electron chi connectivity index (χ2n) is 7.59. The van der Waals surface area contributed by atoms with E-state index in [4.69, 9.17) is 4.74 Å². The van der Waals surface area contributed by atoms with Gasteiger partial charge in [0.1, 0.15) is 4.88 Å². The molecule has 0 spiro atoms. The van der Waals surface area contributed by atoms with Gasteiger partial charge in [0, 0.05) is 30.9 Å². The number of carbonyl (C=O) groups excluding carboxylic acids is 2. The molecule has 2 heterocycles. The van der Waals surface area contributed by atoms with Gasteiger partial charge in [-0.1, -0.05) is 13.8 Å². The lowest BCUT2D eigenvalue weighted by molar-refractivity contribution is -0.118. The lowest BCUT2D eigenvalue weighted by atomic mass is 10.1. The maximum absolute atomic E-state index is 12.6. The van der Waals surface area contributed by atoms with Crippen LogP contribution in [0.3, 0.4) is 0 Å². The number of nitrogens with one attached hydrogen (secondary N) is 2. The maximum atomic E-state index is 12.6. The number of rotatable bonds is 7. The third-order valence-electron chi connectivity index (χ3n) is 4.53. The molecule has 7 nitrogen and oxygen atoms in total. The number of ether oxygens (including phenoxy) is 1. The number of aryl methyl sites for hydroxylation is 1. The summed E-state index contributed by atoms with van der Waals surface area (Å²) in [6.45, 7) is 9.37. The number of aromatic nitrogens is 1. The van der Waals surface area contributed by atoms with E-state index in [-0.39, 0.29) is 11.8 Å². The fraction of sp³-hybridized carbons (Fsp3) is 0.476. The first kappa shape index (κ1) is 21.4. The highest BCUT2D eigenvalue weighted by Gasteiger charge is 2.17. The Morgan fingerprint density at radius 2 is 1.76 bits per heavy atom. The van der Waals surface area contributed by atoms with Crippen molar-refractivity contribution in [2.24, 2.45) is 5.92 Å². The Kier molecular flexibility index (Phi) is 7.35. The molecule has 0 saturated carbocycles. The van der Waals surface area contributed by atoms with Crippen LogP contribution in [-0.4, -0.2) is 54.5 Å². The predicted molar refractivity (Wildman–Crippen MR) is 116 cm³/mol. The molecule has 1 aliphatic rings. The molecular formula is C21H28N4O3S. The molecule has 8 heteroatoms. The fourth-order valence-electron chi connectivity index (χ4n) is 3.09. The summed E-state index contributed by atoms with van der Waals surface area (Å²) in [5.41, 5.74) is 2.14. The van der Waals surface area contributed by atoms with Crippen molar-refractivity contribution < 1.29 is 14.3 Å². The van der Waals surface area contributed by atoms with Crippen molar-refractivity contribution in [1.82, 2.24) is 9.88 Å². The normalized spacial score (nSPS) is 14.8.